The van der Waals surface area contributed by atoms with Crippen molar-refractivity contribution in [2.45, 2.75) is 0 Å². The average Bonchev–Trinajstić information content (AvgIpc) is 2.47. The SMILES string of the molecule is NC(=O)NSC(=O)c1cncc(-c2cccc(Cl)c2Cl)c1. The van der Waals surface area contributed by atoms with Crippen LogP contribution in [0.25, 0.3) is 11.1 Å². The third-order valence-electron chi connectivity index (χ3n) is 2.48. The van der Waals surface area contributed by atoms with E-state index >= 15 is 0 Å². The lowest BCUT2D eigenvalue weighted by Crippen LogP contribution is -2.24. The zero-order valence-corrected chi connectivity index (χ0v) is 12.8. The molecule has 21 heavy (non-hydrogen) atoms. The lowest BCUT2D eigenvalue weighted by atomic mass is 10.1. The number of carbonyl (C=O) groups is 2. The Morgan fingerprint density at radius 1 is 1.24 bits per heavy atom. The van der Waals surface area contributed by atoms with Crippen molar-refractivity contribution in [3.63, 3.8) is 0 Å². The Morgan fingerprint density at radius 2 is 2.00 bits per heavy atom. The molecule has 2 amide bonds. The maximum absolute atomic E-state index is 11.9. The fourth-order valence-electron chi connectivity index (χ4n) is 1.58. The molecule has 0 unspecified atom stereocenters. The summed E-state index contributed by atoms with van der Waals surface area (Å²) in [6.45, 7) is 0. The molecule has 0 radical (unpaired) electrons. The van der Waals surface area contributed by atoms with Crippen LogP contribution in [0.5, 0.6) is 0 Å². The van der Waals surface area contributed by atoms with Crippen molar-refractivity contribution in [1.29, 1.82) is 0 Å². The van der Waals surface area contributed by atoms with Crippen LogP contribution < -0.4 is 10.5 Å². The van der Waals surface area contributed by atoms with Crippen LogP contribution in [0, 0.1) is 0 Å². The number of hydrogen-bond acceptors (Lipinski definition) is 4. The molecule has 2 aromatic rings. The molecule has 3 N–H and O–H groups in total. The van der Waals surface area contributed by atoms with Crippen molar-refractivity contribution in [2.24, 2.45) is 5.73 Å². The highest BCUT2D eigenvalue weighted by molar-refractivity contribution is 8.12. The van der Waals surface area contributed by atoms with Crippen molar-refractivity contribution in [2.75, 3.05) is 0 Å². The molecule has 0 saturated heterocycles. The summed E-state index contributed by atoms with van der Waals surface area (Å²) in [5.41, 5.74) is 6.53. The fraction of sp³-hybridized carbons (Fsp3) is 0. The highest BCUT2D eigenvalue weighted by Gasteiger charge is 2.12. The largest absolute Gasteiger partial charge is 0.351 e. The number of nitrogens with one attached hydrogen (secondary N) is 1. The summed E-state index contributed by atoms with van der Waals surface area (Å²) < 4.78 is 2.15. The van der Waals surface area contributed by atoms with E-state index in [1.807, 2.05) is 0 Å². The predicted octanol–water partition coefficient (Wildman–Crippen LogP) is 3.51. The number of urea groups is 1. The minimum Gasteiger partial charge on any atom is -0.351 e. The van der Waals surface area contributed by atoms with E-state index in [1.165, 1.54) is 6.20 Å². The van der Waals surface area contributed by atoms with Gasteiger partial charge in [-0.1, -0.05) is 35.3 Å². The molecule has 0 saturated carbocycles. The zero-order chi connectivity index (χ0) is 15.4. The van der Waals surface area contributed by atoms with Gasteiger partial charge in [0.1, 0.15) is 0 Å². The van der Waals surface area contributed by atoms with Gasteiger partial charge in [-0.2, -0.15) is 0 Å². The second-order valence-corrected chi connectivity index (χ2v) is 5.48. The molecular formula is C13H9Cl2N3O2S. The number of nitrogens with zero attached hydrogens (tertiary/aromatic N) is 1. The number of aromatic nitrogens is 1. The van der Waals surface area contributed by atoms with Gasteiger partial charge in [0.15, 0.2) is 0 Å². The van der Waals surface area contributed by atoms with Crippen molar-refractivity contribution < 1.29 is 9.59 Å². The predicted molar refractivity (Wildman–Crippen MR) is 84.3 cm³/mol. The Kier molecular flexibility index (Phi) is 5.06. The van der Waals surface area contributed by atoms with E-state index in [4.69, 9.17) is 28.9 Å². The monoisotopic (exact) mass is 341 g/mol. The summed E-state index contributed by atoms with van der Waals surface area (Å²) in [6, 6.07) is 6.01. The molecule has 0 bridgehead atoms. The molecule has 1 aromatic heterocycles. The standard InChI is InChI=1S/C13H9Cl2N3O2S/c14-10-3-1-2-9(11(10)15)7-4-8(6-17-5-7)12(19)21-18-13(16)20/h1-6H,(H3,16,18,20). The minimum atomic E-state index is -0.796. The van der Waals surface area contributed by atoms with Gasteiger partial charge in [0.05, 0.1) is 10.0 Å². The third kappa shape index (κ3) is 3.87. The van der Waals surface area contributed by atoms with E-state index in [-0.39, 0.29) is 5.12 Å². The molecule has 2 rings (SSSR count). The molecule has 0 aliphatic rings. The minimum absolute atomic E-state index is 0.308. The summed E-state index contributed by atoms with van der Waals surface area (Å²) in [5, 5.41) is 0.408. The third-order valence-corrected chi connectivity index (χ3v) is 4.02. The summed E-state index contributed by atoms with van der Waals surface area (Å²) >= 11 is 12.7. The van der Waals surface area contributed by atoms with Gasteiger partial charge in [0.25, 0.3) is 0 Å². The molecule has 1 heterocycles. The summed E-state index contributed by atoms with van der Waals surface area (Å²) in [6.07, 6.45) is 2.96. The molecule has 5 nitrogen and oxygen atoms in total. The number of benzene rings is 1. The van der Waals surface area contributed by atoms with E-state index in [0.29, 0.717) is 38.7 Å². The van der Waals surface area contributed by atoms with E-state index in [2.05, 4.69) is 9.71 Å². The second-order valence-electron chi connectivity index (χ2n) is 3.92. The topological polar surface area (TPSA) is 85.1 Å². The Hall–Kier alpha value is -1.76. The lowest BCUT2D eigenvalue weighted by Gasteiger charge is -2.07. The highest BCUT2D eigenvalue weighted by atomic mass is 35.5. The lowest BCUT2D eigenvalue weighted by molar-refractivity contribution is 0.108. The normalized spacial score (nSPS) is 10.2. The van der Waals surface area contributed by atoms with Gasteiger partial charge in [0, 0.05) is 41.0 Å². The first-order chi connectivity index (χ1) is 9.99. The van der Waals surface area contributed by atoms with Crippen molar-refractivity contribution in [1.82, 2.24) is 9.71 Å². The quantitative estimate of drug-likeness (QED) is 0.818. The Labute approximate surface area is 135 Å². The van der Waals surface area contributed by atoms with Gasteiger partial charge >= 0.3 is 6.03 Å². The van der Waals surface area contributed by atoms with Crippen molar-refractivity contribution in [3.05, 3.63) is 52.3 Å². The first-order valence-corrected chi connectivity index (χ1v) is 7.22. The Bertz CT molecular complexity index is 710. The molecular weight excluding hydrogens is 333 g/mol. The number of carbonyl (C=O) groups excluding carboxylic acids is 2. The molecule has 0 aliphatic carbocycles. The number of primary amides is 1. The van der Waals surface area contributed by atoms with E-state index < -0.39 is 6.03 Å². The van der Waals surface area contributed by atoms with Crippen LogP contribution in [0.3, 0.4) is 0 Å². The second kappa shape index (κ2) is 6.80. The maximum Gasteiger partial charge on any atom is 0.322 e. The van der Waals surface area contributed by atoms with E-state index in [0.717, 1.165) is 0 Å². The van der Waals surface area contributed by atoms with Crippen LogP contribution in [0.15, 0.2) is 36.7 Å². The van der Waals surface area contributed by atoms with Crippen LogP contribution in [-0.2, 0) is 0 Å². The molecule has 0 aliphatic heterocycles. The van der Waals surface area contributed by atoms with Crippen LogP contribution in [0.2, 0.25) is 10.0 Å². The van der Waals surface area contributed by atoms with Gasteiger partial charge in [0.2, 0.25) is 5.12 Å². The average molecular weight is 342 g/mol. The molecule has 0 spiro atoms. The zero-order valence-electron chi connectivity index (χ0n) is 10.5. The number of nitrogens with two attached hydrogens (primary N) is 1. The highest BCUT2D eigenvalue weighted by Crippen LogP contribution is 2.33. The molecule has 108 valence electrons. The van der Waals surface area contributed by atoms with Gasteiger partial charge in [-0.15, -0.1) is 0 Å². The smallest absolute Gasteiger partial charge is 0.322 e. The van der Waals surface area contributed by atoms with Crippen LogP contribution in [0.4, 0.5) is 4.79 Å². The number of pyridine rings is 1. The van der Waals surface area contributed by atoms with Gasteiger partial charge in [-0.25, -0.2) is 4.79 Å². The summed E-state index contributed by atoms with van der Waals surface area (Å²) in [5.74, 6) is 0. The van der Waals surface area contributed by atoms with Gasteiger partial charge in [-0.3, -0.25) is 14.5 Å². The summed E-state index contributed by atoms with van der Waals surface area (Å²) in [4.78, 5) is 26.5. The fourth-order valence-corrected chi connectivity index (χ4v) is 2.41. The summed E-state index contributed by atoms with van der Waals surface area (Å²) in [7, 11) is 0. The van der Waals surface area contributed by atoms with Crippen LogP contribution in [0.1, 0.15) is 10.4 Å². The van der Waals surface area contributed by atoms with Crippen molar-refractivity contribution in [3.8, 4) is 11.1 Å². The molecule has 0 atom stereocenters. The number of hydrogen-bond donors (Lipinski definition) is 2. The molecule has 0 fully saturated rings. The van der Waals surface area contributed by atoms with Crippen molar-refractivity contribution >= 4 is 46.3 Å². The van der Waals surface area contributed by atoms with E-state index in [1.54, 1.807) is 30.5 Å². The number of rotatable bonds is 2. The molecule has 8 heteroatoms. The molecule has 1 aromatic carbocycles. The van der Waals surface area contributed by atoms with Crippen LogP contribution >= 0.6 is 35.1 Å². The first kappa shape index (κ1) is 15.6. The first-order valence-electron chi connectivity index (χ1n) is 5.65. The maximum atomic E-state index is 11.9. The number of halogens is 2. The number of amides is 2. The van der Waals surface area contributed by atoms with Gasteiger partial charge in [-0.05, 0) is 12.1 Å². The van der Waals surface area contributed by atoms with E-state index in [9.17, 15) is 9.59 Å². The van der Waals surface area contributed by atoms with Crippen LogP contribution in [-0.4, -0.2) is 16.1 Å². The Balaban J connectivity index is 2.31. The van der Waals surface area contributed by atoms with Gasteiger partial charge < -0.3 is 5.73 Å². The Morgan fingerprint density at radius 3 is 2.71 bits per heavy atom.